The van der Waals surface area contributed by atoms with Crippen molar-refractivity contribution in [3.63, 3.8) is 0 Å². The standard InChI is InChI=1S/C13H8ClFN2/c14-9-5-6-17-10(7-9)8-16-13(17)11-3-1-2-4-12(11)15/h1-8H. The molecule has 0 fully saturated rings. The summed E-state index contributed by atoms with van der Waals surface area (Å²) in [6.07, 6.45) is 3.46. The molecule has 1 aromatic carbocycles. The SMILES string of the molecule is Fc1ccccc1-c1ncc2cc(Cl)ccn12. The van der Waals surface area contributed by atoms with Crippen molar-refractivity contribution < 1.29 is 4.39 Å². The van der Waals surface area contributed by atoms with Crippen LogP contribution in [0.25, 0.3) is 16.9 Å². The van der Waals surface area contributed by atoms with Gasteiger partial charge in [-0.25, -0.2) is 9.37 Å². The van der Waals surface area contributed by atoms with Crippen molar-refractivity contribution in [1.29, 1.82) is 0 Å². The Morgan fingerprint density at radius 2 is 2.00 bits per heavy atom. The molecule has 3 rings (SSSR count). The fourth-order valence-corrected chi connectivity index (χ4v) is 1.98. The number of pyridine rings is 1. The van der Waals surface area contributed by atoms with Gasteiger partial charge < -0.3 is 0 Å². The minimum atomic E-state index is -0.282. The Bertz CT molecular complexity index is 691. The molecule has 84 valence electrons. The van der Waals surface area contributed by atoms with Crippen molar-refractivity contribution in [3.8, 4) is 11.4 Å². The first-order valence-corrected chi connectivity index (χ1v) is 5.51. The summed E-state index contributed by atoms with van der Waals surface area (Å²) in [4.78, 5) is 4.23. The summed E-state index contributed by atoms with van der Waals surface area (Å²) < 4.78 is 15.5. The van der Waals surface area contributed by atoms with Crippen molar-refractivity contribution in [2.45, 2.75) is 0 Å². The molecular formula is C13H8ClFN2. The molecule has 0 atom stereocenters. The maximum atomic E-state index is 13.7. The van der Waals surface area contributed by atoms with E-state index in [0.717, 1.165) is 5.52 Å². The van der Waals surface area contributed by atoms with Crippen LogP contribution in [0.2, 0.25) is 5.02 Å². The quantitative estimate of drug-likeness (QED) is 0.639. The molecule has 0 saturated carbocycles. The van der Waals surface area contributed by atoms with Gasteiger partial charge in [0.05, 0.1) is 17.3 Å². The van der Waals surface area contributed by atoms with Gasteiger partial charge in [-0.05, 0) is 24.3 Å². The van der Waals surface area contributed by atoms with E-state index in [4.69, 9.17) is 11.6 Å². The Labute approximate surface area is 102 Å². The second-order valence-electron chi connectivity index (χ2n) is 3.70. The molecule has 2 heterocycles. The third kappa shape index (κ3) is 1.68. The molecule has 17 heavy (non-hydrogen) atoms. The van der Waals surface area contributed by atoms with Gasteiger partial charge in [-0.2, -0.15) is 0 Å². The van der Waals surface area contributed by atoms with Gasteiger partial charge in [0.1, 0.15) is 11.6 Å². The highest BCUT2D eigenvalue weighted by Gasteiger charge is 2.10. The van der Waals surface area contributed by atoms with E-state index in [-0.39, 0.29) is 5.82 Å². The van der Waals surface area contributed by atoms with Crippen LogP contribution in [0, 0.1) is 5.82 Å². The zero-order valence-electron chi connectivity index (χ0n) is 8.77. The van der Waals surface area contributed by atoms with Crippen LogP contribution in [-0.2, 0) is 0 Å². The second-order valence-corrected chi connectivity index (χ2v) is 4.14. The predicted molar refractivity (Wildman–Crippen MR) is 65.6 cm³/mol. The molecule has 4 heteroatoms. The van der Waals surface area contributed by atoms with E-state index in [0.29, 0.717) is 16.4 Å². The normalized spacial score (nSPS) is 10.9. The van der Waals surface area contributed by atoms with E-state index >= 15 is 0 Å². The van der Waals surface area contributed by atoms with Crippen LogP contribution < -0.4 is 0 Å². The van der Waals surface area contributed by atoms with Gasteiger partial charge in [0.2, 0.25) is 0 Å². The lowest BCUT2D eigenvalue weighted by molar-refractivity contribution is 0.630. The Morgan fingerprint density at radius 1 is 1.18 bits per heavy atom. The van der Waals surface area contributed by atoms with Crippen molar-refractivity contribution >= 4 is 17.1 Å². The molecule has 0 aliphatic carbocycles. The van der Waals surface area contributed by atoms with Gasteiger partial charge >= 0.3 is 0 Å². The Balaban J connectivity index is 2.29. The summed E-state index contributed by atoms with van der Waals surface area (Å²) in [5.74, 6) is 0.296. The summed E-state index contributed by atoms with van der Waals surface area (Å²) in [6, 6.07) is 10.1. The van der Waals surface area contributed by atoms with E-state index < -0.39 is 0 Å². The number of nitrogens with zero attached hydrogens (tertiary/aromatic N) is 2. The fraction of sp³-hybridized carbons (Fsp3) is 0. The van der Waals surface area contributed by atoms with Crippen molar-refractivity contribution in [1.82, 2.24) is 9.38 Å². The van der Waals surface area contributed by atoms with Crippen LogP contribution in [0.3, 0.4) is 0 Å². The Hall–Kier alpha value is -1.87. The first kappa shape index (κ1) is 10.3. The minimum absolute atomic E-state index is 0.282. The van der Waals surface area contributed by atoms with Crippen LogP contribution in [0.15, 0.2) is 48.8 Å². The first-order valence-electron chi connectivity index (χ1n) is 5.13. The smallest absolute Gasteiger partial charge is 0.147 e. The van der Waals surface area contributed by atoms with Gasteiger partial charge in [0.15, 0.2) is 0 Å². The molecule has 0 aliphatic heterocycles. The van der Waals surface area contributed by atoms with E-state index in [1.807, 2.05) is 4.40 Å². The average molecular weight is 247 g/mol. The molecule has 0 unspecified atom stereocenters. The number of halogens is 2. The zero-order chi connectivity index (χ0) is 11.8. The molecule has 2 aromatic heterocycles. The number of hydrogen-bond donors (Lipinski definition) is 0. The highest BCUT2D eigenvalue weighted by molar-refractivity contribution is 6.30. The number of aromatic nitrogens is 2. The van der Waals surface area contributed by atoms with Crippen LogP contribution in [0.1, 0.15) is 0 Å². The van der Waals surface area contributed by atoms with Gasteiger partial charge in [-0.3, -0.25) is 4.40 Å². The third-order valence-electron chi connectivity index (χ3n) is 2.61. The van der Waals surface area contributed by atoms with Gasteiger partial charge in [-0.1, -0.05) is 23.7 Å². The van der Waals surface area contributed by atoms with Gasteiger partial charge in [0.25, 0.3) is 0 Å². The molecule has 0 N–H and O–H groups in total. The summed E-state index contributed by atoms with van der Waals surface area (Å²) in [7, 11) is 0. The van der Waals surface area contributed by atoms with Crippen molar-refractivity contribution in [2.75, 3.05) is 0 Å². The second kappa shape index (κ2) is 3.86. The van der Waals surface area contributed by atoms with Crippen LogP contribution in [0.5, 0.6) is 0 Å². The van der Waals surface area contributed by atoms with E-state index in [1.165, 1.54) is 6.07 Å². The maximum Gasteiger partial charge on any atom is 0.147 e. The van der Waals surface area contributed by atoms with Gasteiger partial charge in [-0.15, -0.1) is 0 Å². The summed E-state index contributed by atoms with van der Waals surface area (Å²) in [5, 5.41) is 0.637. The largest absolute Gasteiger partial charge is 0.300 e. The predicted octanol–water partition coefficient (Wildman–Crippen LogP) is 3.79. The van der Waals surface area contributed by atoms with E-state index in [2.05, 4.69) is 4.98 Å². The molecule has 0 aliphatic rings. The lowest BCUT2D eigenvalue weighted by Gasteiger charge is -2.02. The lowest BCUT2D eigenvalue weighted by atomic mass is 10.2. The first-order chi connectivity index (χ1) is 8.25. The van der Waals surface area contributed by atoms with Crippen LogP contribution >= 0.6 is 11.6 Å². The van der Waals surface area contributed by atoms with Crippen molar-refractivity contribution in [2.24, 2.45) is 0 Å². The third-order valence-corrected chi connectivity index (χ3v) is 2.84. The average Bonchev–Trinajstić information content (AvgIpc) is 2.72. The Kier molecular flexibility index (Phi) is 2.34. The molecule has 2 nitrogen and oxygen atoms in total. The number of hydrogen-bond acceptors (Lipinski definition) is 1. The topological polar surface area (TPSA) is 17.3 Å². The summed E-state index contributed by atoms with van der Waals surface area (Å²) >= 11 is 5.89. The van der Waals surface area contributed by atoms with Crippen LogP contribution in [-0.4, -0.2) is 9.38 Å². The zero-order valence-corrected chi connectivity index (χ0v) is 9.53. The number of fused-ring (bicyclic) bond motifs is 1. The van der Waals surface area contributed by atoms with Crippen LogP contribution in [0.4, 0.5) is 4.39 Å². The highest BCUT2D eigenvalue weighted by Crippen LogP contribution is 2.23. The lowest BCUT2D eigenvalue weighted by Crippen LogP contribution is -1.91. The number of imidazole rings is 1. The fourth-order valence-electron chi connectivity index (χ4n) is 1.81. The molecule has 0 amide bonds. The molecule has 0 spiro atoms. The molecular weight excluding hydrogens is 239 g/mol. The monoisotopic (exact) mass is 246 g/mol. The molecule has 0 bridgehead atoms. The highest BCUT2D eigenvalue weighted by atomic mass is 35.5. The van der Waals surface area contributed by atoms with Crippen molar-refractivity contribution in [3.05, 3.63) is 59.6 Å². The Morgan fingerprint density at radius 3 is 2.82 bits per heavy atom. The maximum absolute atomic E-state index is 13.7. The summed E-state index contributed by atoms with van der Waals surface area (Å²) in [6.45, 7) is 0. The molecule has 3 aromatic rings. The minimum Gasteiger partial charge on any atom is -0.300 e. The number of benzene rings is 1. The molecule has 0 radical (unpaired) electrons. The van der Waals surface area contributed by atoms with E-state index in [1.54, 1.807) is 42.7 Å². The number of rotatable bonds is 1. The molecule has 0 saturated heterocycles. The summed E-state index contributed by atoms with van der Waals surface area (Å²) in [5.41, 5.74) is 1.32. The van der Waals surface area contributed by atoms with Gasteiger partial charge in [0, 0.05) is 11.2 Å². The van der Waals surface area contributed by atoms with E-state index in [9.17, 15) is 4.39 Å².